The third-order valence-corrected chi connectivity index (χ3v) is 4.28. The summed E-state index contributed by atoms with van der Waals surface area (Å²) >= 11 is 0. The second-order valence-electron chi connectivity index (χ2n) is 5.47. The van der Waals surface area contributed by atoms with Crippen LogP contribution in [-0.4, -0.2) is 13.1 Å². The molecule has 18 heavy (non-hydrogen) atoms. The molecular weight excluding hydrogens is 218 g/mol. The SMILES string of the molecule is Cc1c(CC2CCNCC2)ccc2ccccc12. The predicted molar refractivity (Wildman–Crippen MR) is 78.0 cm³/mol. The third-order valence-electron chi connectivity index (χ3n) is 4.28. The van der Waals surface area contributed by atoms with Crippen molar-refractivity contribution in [2.75, 3.05) is 13.1 Å². The quantitative estimate of drug-likeness (QED) is 0.842. The van der Waals surface area contributed by atoms with Gasteiger partial charge in [0.1, 0.15) is 0 Å². The Labute approximate surface area is 109 Å². The van der Waals surface area contributed by atoms with Crippen LogP contribution in [0.25, 0.3) is 10.8 Å². The average Bonchev–Trinajstić information content (AvgIpc) is 2.43. The van der Waals surface area contributed by atoms with Crippen molar-refractivity contribution in [2.45, 2.75) is 26.2 Å². The van der Waals surface area contributed by atoms with Gasteiger partial charge in [-0.25, -0.2) is 0 Å². The number of hydrogen-bond donors (Lipinski definition) is 1. The van der Waals surface area contributed by atoms with Crippen molar-refractivity contribution in [3.63, 3.8) is 0 Å². The summed E-state index contributed by atoms with van der Waals surface area (Å²) in [5, 5.41) is 6.23. The molecule has 3 rings (SSSR count). The summed E-state index contributed by atoms with van der Waals surface area (Å²) in [5.74, 6) is 0.867. The summed E-state index contributed by atoms with van der Waals surface area (Å²) in [4.78, 5) is 0. The van der Waals surface area contributed by atoms with Gasteiger partial charge in [-0.3, -0.25) is 0 Å². The lowest BCUT2D eigenvalue weighted by Crippen LogP contribution is -2.28. The largest absolute Gasteiger partial charge is 0.317 e. The molecule has 0 bridgehead atoms. The monoisotopic (exact) mass is 239 g/mol. The molecule has 0 spiro atoms. The van der Waals surface area contributed by atoms with Crippen LogP contribution in [0.15, 0.2) is 36.4 Å². The Bertz CT molecular complexity index is 538. The molecular formula is C17H21N. The maximum Gasteiger partial charge on any atom is -0.00462 e. The van der Waals surface area contributed by atoms with Crippen molar-refractivity contribution in [3.05, 3.63) is 47.5 Å². The van der Waals surface area contributed by atoms with Gasteiger partial charge in [0, 0.05) is 0 Å². The van der Waals surface area contributed by atoms with Gasteiger partial charge in [0.15, 0.2) is 0 Å². The summed E-state index contributed by atoms with van der Waals surface area (Å²) in [6, 6.07) is 13.3. The second kappa shape index (κ2) is 5.11. The zero-order valence-corrected chi connectivity index (χ0v) is 11.1. The molecule has 2 aromatic rings. The van der Waals surface area contributed by atoms with Crippen molar-refractivity contribution in [1.82, 2.24) is 5.32 Å². The van der Waals surface area contributed by atoms with Gasteiger partial charge in [0.2, 0.25) is 0 Å². The molecule has 0 unspecified atom stereocenters. The van der Waals surface area contributed by atoms with Crippen LogP contribution in [-0.2, 0) is 6.42 Å². The maximum atomic E-state index is 3.44. The van der Waals surface area contributed by atoms with E-state index in [2.05, 4.69) is 48.6 Å². The molecule has 1 saturated heterocycles. The van der Waals surface area contributed by atoms with E-state index in [0.717, 1.165) is 5.92 Å². The van der Waals surface area contributed by atoms with Crippen LogP contribution in [0.3, 0.4) is 0 Å². The lowest BCUT2D eigenvalue weighted by molar-refractivity contribution is 0.372. The Kier molecular flexibility index (Phi) is 3.33. The molecule has 1 aliphatic heterocycles. The number of hydrogen-bond acceptors (Lipinski definition) is 1. The van der Waals surface area contributed by atoms with Crippen LogP contribution >= 0.6 is 0 Å². The Morgan fingerprint density at radius 2 is 1.83 bits per heavy atom. The summed E-state index contributed by atoms with van der Waals surface area (Å²) in [5.41, 5.74) is 3.02. The van der Waals surface area contributed by atoms with Crippen molar-refractivity contribution < 1.29 is 0 Å². The van der Waals surface area contributed by atoms with Crippen LogP contribution in [0.2, 0.25) is 0 Å². The molecule has 1 heteroatoms. The first-order valence-corrected chi connectivity index (χ1v) is 7.02. The van der Waals surface area contributed by atoms with Gasteiger partial charge in [-0.05, 0) is 67.1 Å². The van der Waals surface area contributed by atoms with Gasteiger partial charge in [-0.2, -0.15) is 0 Å². The lowest BCUT2D eigenvalue weighted by Gasteiger charge is -2.23. The van der Waals surface area contributed by atoms with E-state index >= 15 is 0 Å². The van der Waals surface area contributed by atoms with Crippen LogP contribution in [0.1, 0.15) is 24.0 Å². The summed E-state index contributed by atoms with van der Waals surface area (Å²) in [6.45, 7) is 4.66. The molecule has 0 saturated carbocycles. The first-order valence-electron chi connectivity index (χ1n) is 7.02. The van der Waals surface area contributed by atoms with Crippen LogP contribution in [0, 0.1) is 12.8 Å². The van der Waals surface area contributed by atoms with Crippen molar-refractivity contribution in [1.29, 1.82) is 0 Å². The molecule has 94 valence electrons. The summed E-state index contributed by atoms with van der Waals surface area (Å²) in [6.07, 6.45) is 3.90. The highest BCUT2D eigenvalue weighted by molar-refractivity contribution is 5.86. The molecule has 0 radical (unpaired) electrons. The van der Waals surface area contributed by atoms with Crippen LogP contribution in [0.4, 0.5) is 0 Å². The number of nitrogens with one attached hydrogen (secondary N) is 1. The number of aryl methyl sites for hydroxylation is 1. The summed E-state index contributed by atoms with van der Waals surface area (Å²) < 4.78 is 0. The zero-order valence-electron chi connectivity index (χ0n) is 11.1. The molecule has 1 heterocycles. The standard InChI is InChI=1S/C17H21N/c1-13-16(12-14-8-10-18-11-9-14)7-6-15-4-2-3-5-17(13)15/h2-7,14,18H,8-12H2,1H3. The van der Waals surface area contributed by atoms with E-state index < -0.39 is 0 Å². The normalized spacial score (nSPS) is 17.2. The molecule has 0 amide bonds. The molecule has 0 aromatic heterocycles. The molecule has 1 aliphatic rings. The average molecular weight is 239 g/mol. The van der Waals surface area contributed by atoms with Crippen molar-refractivity contribution in [3.8, 4) is 0 Å². The number of rotatable bonds is 2. The number of benzene rings is 2. The van der Waals surface area contributed by atoms with E-state index in [0.29, 0.717) is 0 Å². The number of fused-ring (bicyclic) bond motifs is 1. The molecule has 1 N–H and O–H groups in total. The third kappa shape index (κ3) is 2.28. The van der Waals surface area contributed by atoms with Gasteiger partial charge in [0.05, 0.1) is 0 Å². The van der Waals surface area contributed by atoms with Gasteiger partial charge >= 0.3 is 0 Å². The van der Waals surface area contributed by atoms with Gasteiger partial charge in [-0.1, -0.05) is 36.4 Å². The van der Waals surface area contributed by atoms with E-state index in [1.165, 1.54) is 48.7 Å². The summed E-state index contributed by atoms with van der Waals surface area (Å²) in [7, 11) is 0. The highest BCUT2D eigenvalue weighted by Gasteiger charge is 2.15. The van der Waals surface area contributed by atoms with Gasteiger partial charge < -0.3 is 5.32 Å². The van der Waals surface area contributed by atoms with E-state index in [4.69, 9.17) is 0 Å². The minimum atomic E-state index is 0.867. The predicted octanol–water partition coefficient (Wildman–Crippen LogP) is 3.69. The highest BCUT2D eigenvalue weighted by Crippen LogP contribution is 2.25. The van der Waals surface area contributed by atoms with Gasteiger partial charge in [-0.15, -0.1) is 0 Å². The zero-order chi connectivity index (χ0) is 12.4. The maximum absolute atomic E-state index is 3.44. The van der Waals surface area contributed by atoms with E-state index in [9.17, 15) is 0 Å². The minimum absolute atomic E-state index is 0.867. The van der Waals surface area contributed by atoms with Crippen molar-refractivity contribution >= 4 is 10.8 Å². The fraction of sp³-hybridized carbons (Fsp3) is 0.412. The Balaban J connectivity index is 1.89. The Morgan fingerprint density at radius 1 is 1.06 bits per heavy atom. The minimum Gasteiger partial charge on any atom is -0.317 e. The first-order chi connectivity index (χ1) is 8.84. The lowest BCUT2D eigenvalue weighted by atomic mass is 9.88. The fourth-order valence-corrected chi connectivity index (χ4v) is 3.09. The smallest absolute Gasteiger partial charge is 0.00462 e. The molecule has 2 aromatic carbocycles. The van der Waals surface area contributed by atoms with E-state index in [1.54, 1.807) is 5.56 Å². The highest BCUT2D eigenvalue weighted by atomic mass is 14.9. The molecule has 1 nitrogen and oxygen atoms in total. The Hall–Kier alpha value is -1.34. The second-order valence-corrected chi connectivity index (χ2v) is 5.47. The fourth-order valence-electron chi connectivity index (χ4n) is 3.09. The van der Waals surface area contributed by atoms with Crippen LogP contribution < -0.4 is 5.32 Å². The first kappa shape index (κ1) is 11.7. The molecule has 0 atom stereocenters. The Morgan fingerprint density at radius 3 is 2.67 bits per heavy atom. The molecule has 0 aliphatic carbocycles. The van der Waals surface area contributed by atoms with Gasteiger partial charge in [0.25, 0.3) is 0 Å². The van der Waals surface area contributed by atoms with E-state index in [1.807, 2.05) is 0 Å². The van der Waals surface area contributed by atoms with Crippen LogP contribution in [0.5, 0.6) is 0 Å². The van der Waals surface area contributed by atoms with E-state index in [-0.39, 0.29) is 0 Å². The number of piperidine rings is 1. The van der Waals surface area contributed by atoms with Crippen molar-refractivity contribution in [2.24, 2.45) is 5.92 Å². The topological polar surface area (TPSA) is 12.0 Å². The molecule has 1 fully saturated rings.